The Morgan fingerprint density at radius 3 is 2.53 bits per heavy atom. The van der Waals surface area contributed by atoms with Crippen LogP contribution in [-0.4, -0.2) is 17.6 Å². The van der Waals surface area contributed by atoms with E-state index in [2.05, 4.69) is 4.98 Å². The standard InChI is InChI=1S/C24H23N3O4S/c1-2-29-24(28)20-11-27-23(26)21-16(14-32-22(20)21)13-31-19-8-4-7-18(10-19)30-12-15-5-3-6-17(25)9-15/h3-11,14H,2,12-13,25H2,1H3,(H2,26,27). The number of carbonyl (C=O) groups is 1. The van der Waals surface area contributed by atoms with Crippen LogP contribution in [0.1, 0.15) is 28.4 Å². The predicted molar refractivity (Wildman–Crippen MR) is 126 cm³/mol. The average molecular weight is 450 g/mol. The molecule has 0 spiro atoms. The number of nitrogens with two attached hydrogens (primary N) is 2. The summed E-state index contributed by atoms with van der Waals surface area (Å²) in [5.41, 5.74) is 14.9. The molecule has 7 nitrogen and oxygen atoms in total. The van der Waals surface area contributed by atoms with Crippen LogP contribution in [0.25, 0.3) is 10.1 Å². The Hall–Kier alpha value is -3.78. The molecule has 164 valence electrons. The van der Waals surface area contributed by atoms with Crippen molar-refractivity contribution in [3.63, 3.8) is 0 Å². The lowest BCUT2D eigenvalue weighted by molar-refractivity contribution is 0.0528. The topological polar surface area (TPSA) is 110 Å². The summed E-state index contributed by atoms with van der Waals surface area (Å²) in [4.78, 5) is 16.4. The van der Waals surface area contributed by atoms with Gasteiger partial charge in [0.05, 0.1) is 16.9 Å². The van der Waals surface area contributed by atoms with Gasteiger partial charge in [0, 0.05) is 28.9 Å². The van der Waals surface area contributed by atoms with Crippen LogP contribution in [0, 0.1) is 0 Å². The van der Waals surface area contributed by atoms with E-state index in [-0.39, 0.29) is 6.61 Å². The second kappa shape index (κ2) is 9.57. The van der Waals surface area contributed by atoms with Gasteiger partial charge >= 0.3 is 5.97 Å². The molecule has 4 aromatic rings. The van der Waals surface area contributed by atoms with Crippen LogP contribution in [0.4, 0.5) is 11.5 Å². The first kappa shape index (κ1) is 21.5. The Morgan fingerprint density at radius 1 is 1.03 bits per heavy atom. The molecule has 2 aromatic carbocycles. The molecule has 0 aliphatic rings. The zero-order chi connectivity index (χ0) is 22.5. The fourth-order valence-corrected chi connectivity index (χ4v) is 4.32. The molecular formula is C24H23N3O4S. The second-order valence-electron chi connectivity index (χ2n) is 7.04. The number of thiophene rings is 1. The molecule has 4 rings (SSSR count). The number of rotatable bonds is 8. The van der Waals surface area contributed by atoms with Crippen molar-refractivity contribution in [1.82, 2.24) is 4.98 Å². The van der Waals surface area contributed by atoms with Gasteiger partial charge in [-0.1, -0.05) is 18.2 Å². The molecule has 0 saturated carbocycles. The van der Waals surface area contributed by atoms with Crippen LogP contribution in [0.5, 0.6) is 11.5 Å². The number of anilines is 2. The van der Waals surface area contributed by atoms with Gasteiger partial charge in [0.1, 0.15) is 30.5 Å². The summed E-state index contributed by atoms with van der Waals surface area (Å²) in [6, 6.07) is 15.0. The van der Waals surface area contributed by atoms with E-state index in [1.54, 1.807) is 6.92 Å². The summed E-state index contributed by atoms with van der Waals surface area (Å²) >= 11 is 1.42. The zero-order valence-corrected chi connectivity index (χ0v) is 18.4. The number of nitrogen functional groups attached to an aromatic ring is 2. The third kappa shape index (κ3) is 4.76. The molecule has 0 amide bonds. The minimum absolute atomic E-state index is 0.275. The highest BCUT2D eigenvalue weighted by Crippen LogP contribution is 2.33. The van der Waals surface area contributed by atoms with Crippen molar-refractivity contribution in [1.29, 1.82) is 0 Å². The molecular weight excluding hydrogens is 426 g/mol. The van der Waals surface area contributed by atoms with Crippen molar-refractivity contribution >= 4 is 38.9 Å². The smallest absolute Gasteiger partial charge is 0.341 e. The third-order valence-corrected chi connectivity index (χ3v) is 5.81. The van der Waals surface area contributed by atoms with Crippen molar-refractivity contribution in [2.45, 2.75) is 20.1 Å². The molecule has 0 radical (unpaired) electrons. The Morgan fingerprint density at radius 2 is 1.78 bits per heavy atom. The Kier molecular flexibility index (Phi) is 6.42. The van der Waals surface area contributed by atoms with Crippen LogP contribution in [0.15, 0.2) is 60.1 Å². The maximum absolute atomic E-state index is 12.2. The lowest BCUT2D eigenvalue weighted by atomic mass is 10.1. The molecule has 0 bridgehead atoms. The summed E-state index contributed by atoms with van der Waals surface area (Å²) < 4.78 is 17.7. The molecule has 0 atom stereocenters. The van der Waals surface area contributed by atoms with Gasteiger partial charge in [-0.25, -0.2) is 9.78 Å². The number of benzene rings is 2. The number of pyridine rings is 1. The fraction of sp³-hybridized carbons (Fsp3) is 0.167. The van der Waals surface area contributed by atoms with Crippen molar-refractivity contribution in [3.05, 3.63) is 76.8 Å². The van der Waals surface area contributed by atoms with E-state index in [0.717, 1.165) is 21.2 Å². The number of aromatic nitrogens is 1. The van der Waals surface area contributed by atoms with Crippen LogP contribution < -0.4 is 20.9 Å². The monoisotopic (exact) mass is 449 g/mol. The summed E-state index contributed by atoms with van der Waals surface area (Å²) in [6.07, 6.45) is 1.46. The molecule has 0 aliphatic heterocycles. The molecule has 4 N–H and O–H groups in total. The van der Waals surface area contributed by atoms with E-state index in [0.29, 0.717) is 41.8 Å². The fourth-order valence-electron chi connectivity index (χ4n) is 3.25. The number of fused-ring (bicyclic) bond motifs is 1. The first-order chi connectivity index (χ1) is 15.5. The third-order valence-electron chi connectivity index (χ3n) is 4.75. The van der Waals surface area contributed by atoms with E-state index in [1.165, 1.54) is 17.5 Å². The quantitative estimate of drug-likeness (QED) is 0.294. The van der Waals surface area contributed by atoms with E-state index in [1.807, 2.05) is 53.9 Å². The average Bonchev–Trinajstić information content (AvgIpc) is 3.22. The normalized spacial score (nSPS) is 10.8. The lowest BCUT2D eigenvalue weighted by Crippen LogP contribution is -2.06. The van der Waals surface area contributed by atoms with E-state index in [9.17, 15) is 4.79 Å². The molecule has 2 heterocycles. The second-order valence-corrected chi connectivity index (χ2v) is 7.92. The van der Waals surface area contributed by atoms with Gasteiger partial charge in [-0.3, -0.25) is 0 Å². The number of hydrogen-bond donors (Lipinski definition) is 2. The van der Waals surface area contributed by atoms with Gasteiger partial charge in [-0.05, 0) is 42.1 Å². The molecule has 0 saturated heterocycles. The Bertz CT molecular complexity index is 1260. The molecule has 2 aromatic heterocycles. The molecule has 32 heavy (non-hydrogen) atoms. The molecule has 0 fully saturated rings. The van der Waals surface area contributed by atoms with Gasteiger partial charge in [0.2, 0.25) is 0 Å². The van der Waals surface area contributed by atoms with Gasteiger partial charge in [0.25, 0.3) is 0 Å². The summed E-state index contributed by atoms with van der Waals surface area (Å²) in [6.45, 7) is 2.74. The summed E-state index contributed by atoms with van der Waals surface area (Å²) in [5, 5.41) is 2.64. The van der Waals surface area contributed by atoms with Crippen molar-refractivity contribution in [2.24, 2.45) is 0 Å². The van der Waals surface area contributed by atoms with Gasteiger partial charge in [-0.2, -0.15) is 0 Å². The largest absolute Gasteiger partial charge is 0.489 e. The van der Waals surface area contributed by atoms with E-state index in [4.69, 9.17) is 25.7 Å². The number of carbonyl (C=O) groups excluding carboxylic acids is 1. The predicted octanol–water partition coefficient (Wildman–Crippen LogP) is 4.80. The number of hydrogen-bond acceptors (Lipinski definition) is 8. The highest BCUT2D eigenvalue weighted by Gasteiger charge is 2.18. The van der Waals surface area contributed by atoms with Crippen molar-refractivity contribution < 1.29 is 19.0 Å². The highest BCUT2D eigenvalue weighted by atomic mass is 32.1. The zero-order valence-electron chi connectivity index (χ0n) is 17.5. The van der Waals surface area contributed by atoms with Crippen LogP contribution >= 0.6 is 11.3 Å². The first-order valence-electron chi connectivity index (χ1n) is 10.1. The minimum atomic E-state index is -0.413. The Labute approximate surface area is 189 Å². The Balaban J connectivity index is 1.47. The number of esters is 1. The highest BCUT2D eigenvalue weighted by molar-refractivity contribution is 7.17. The molecule has 0 unspecified atom stereocenters. The van der Waals surface area contributed by atoms with Crippen molar-refractivity contribution in [3.8, 4) is 11.5 Å². The number of ether oxygens (including phenoxy) is 3. The SMILES string of the molecule is CCOC(=O)c1cnc(N)c2c(COc3cccc(OCc4cccc(N)c4)c3)csc12. The number of nitrogens with zero attached hydrogens (tertiary/aromatic N) is 1. The lowest BCUT2D eigenvalue weighted by Gasteiger charge is -2.10. The van der Waals surface area contributed by atoms with E-state index >= 15 is 0 Å². The van der Waals surface area contributed by atoms with Gasteiger partial charge in [0.15, 0.2) is 0 Å². The first-order valence-corrected chi connectivity index (χ1v) is 10.9. The molecule has 8 heteroatoms. The summed E-state index contributed by atoms with van der Waals surface area (Å²) in [5.74, 6) is 1.28. The molecule has 0 aliphatic carbocycles. The van der Waals surface area contributed by atoms with Crippen molar-refractivity contribution in [2.75, 3.05) is 18.1 Å². The van der Waals surface area contributed by atoms with Crippen LogP contribution in [0.3, 0.4) is 0 Å². The van der Waals surface area contributed by atoms with E-state index < -0.39 is 5.97 Å². The summed E-state index contributed by atoms with van der Waals surface area (Å²) in [7, 11) is 0. The van der Waals surface area contributed by atoms with Gasteiger partial charge < -0.3 is 25.7 Å². The van der Waals surface area contributed by atoms with Crippen LogP contribution in [-0.2, 0) is 18.0 Å². The maximum atomic E-state index is 12.2. The van der Waals surface area contributed by atoms with Crippen LogP contribution in [0.2, 0.25) is 0 Å². The van der Waals surface area contributed by atoms with Gasteiger partial charge in [-0.15, -0.1) is 11.3 Å². The maximum Gasteiger partial charge on any atom is 0.341 e. The minimum Gasteiger partial charge on any atom is -0.489 e.